The number of hydrogen-bond acceptors (Lipinski definition) is 6. The van der Waals surface area contributed by atoms with Crippen LogP contribution in [0.2, 0.25) is 0 Å². The van der Waals surface area contributed by atoms with Crippen molar-refractivity contribution in [3.8, 4) is 5.69 Å². The van der Waals surface area contributed by atoms with Crippen LogP contribution < -0.4 is 16.2 Å². The van der Waals surface area contributed by atoms with Crippen LogP contribution in [0.4, 0.5) is 11.5 Å². The molecule has 0 fully saturated rings. The average molecular weight is 503 g/mol. The molecule has 0 spiro atoms. The Hall–Kier alpha value is -3.36. The summed E-state index contributed by atoms with van der Waals surface area (Å²) >= 11 is 1.25. The number of carbonyl (C=O) groups excluding carboxylic acids is 1. The summed E-state index contributed by atoms with van der Waals surface area (Å²) < 4.78 is 7.73. The van der Waals surface area contributed by atoms with Crippen LogP contribution in [0, 0.1) is 6.92 Å². The van der Waals surface area contributed by atoms with Gasteiger partial charge in [-0.1, -0.05) is 54.6 Å². The van der Waals surface area contributed by atoms with E-state index in [1.165, 1.54) is 11.8 Å². The lowest BCUT2D eigenvalue weighted by Gasteiger charge is -2.38. The number of aromatic nitrogens is 2. The van der Waals surface area contributed by atoms with Gasteiger partial charge in [-0.3, -0.25) is 14.2 Å². The van der Waals surface area contributed by atoms with Gasteiger partial charge in [-0.15, -0.1) is 0 Å². The molecule has 0 saturated carbocycles. The third-order valence-corrected chi connectivity index (χ3v) is 7.75. The molecule has 0 radical (unpaired) electrons. The highest BCUT2D eigenvalue weighted by Crippen LogP contribution is 2.37. The van der Waals surface area contributed by atoms with E-state index in [1.807, 2.05) is 61.5 Å². The van der Waals surface area contributed by atoms with Crippen LogP contribution in [0.25, 0.3) is 5.69 Å². The smallest absolute Gasteiger partial charge is 0.264 e. The zero-order valence-electron chi connectivity index (χ0n) is 20.8. The fourth-order valence-electron chi connectivity index (χ4n) is 4.44. The van der Waals surface area contributed by atoms with Crippen LogP contribution >= 0.6 is 11.8 Å². The van der Waals surface area contributed by atoms with Crippen LogP contribution in [-0.2, 0) is 16.0 Å². The number of para-hydroxylation sites is 1. The van der Waals surface area contributed by atoms with Crippen LogP contribution in [0.1, 0.15) is 37.8 Å². The van der Waals surface area contributed by atoms with Crippen LogP contribution in [0.15, 0.2) is 75.8 Å². The number of thioether (sulfide) groups is 1. The van der Waals surface area contributed by atoms with Crippen molar-refractivity contribution < 1.29 is 9.53 Å². The van der Waals surface area contributed by atoms with E-state index in [0.717, 1.165) is 41.1 Å². The van der Waals surface area contributed by atoms with Gasteiger partial charge in [0.05, 0.1) is 29.2 Å². The molecule has 7 nitrogen and oxygen atoms in total. The van der Waals surface area contributed by atoms with Gasteiger partial charge in [0, 0.05) is 24.2 Å². The second-order valence-electron chi connectivity index (χ2n) is 9.55. The van der Waals surface area contributed by atoms with Crippen LogP contribution in [0.3, 0.4) is 0 Å². The quantitative estimate of drug-likeness (QED) is 0.361. The summed E-state index contributed by atoms with van der Waals surface area (Å²) in [6, 6.07) is 17.1. The summed E-state index contributed by atoms with van der Waals surface area (Å²) in [6.45, 7) is 6.74. The Morgan fingerprint density at radius 1 is 1.19 bits per heavy atom. The maximum atomic E-state index is 13.8. The number of anilines is 2. The molecule has 0 unspecified atom stereocenters. The fraction of sp³-hybridized carbons (Fsp3) is 0.321. The van der Waals surface area contributed by atoms with Crippen molar-refractivity contribution in [1.29, 1.82) is 0 Å². The molecule has 186 valence electrons. The summed E-state index contributed by atoms with van der Waals surface area (Å²) in [6.07, 6.45) is 2.16. The summed E-state index contributed by atoms with van der Waals surface area (Å²) in [5, 5.41) is 6.84. The normalized spacial score (nSPS) is 18.8. The number of amides is 1. The van der Waals surface area contributed by atoms with Gasteiger partial charge in [0.25, 0.3) is 5.56 Å². The van der Waals surface area contributed by atoms with E-state index >= 15 is 0 Å². The van der Waals surface area contributed by atoms with Crippen LogP contribution in [-0.4, -0.2) is 33.4 Å². The summed E-state index contributed by atoms with van der Waals surface area (Å²) in [4.78, 5) is 31.3. The first-order chi connectivity index (χ1) is 17.3. The van der Waals surface area contributed by atoms with E-state index < -0.39 is 0 Å². The molecular weight excluding hydrogens is 472 g/mol. The lowest BCUT2D eigenvalue weighted by molar-refractivity contribution is -0.113. The van der Waals surface area contributed by atoms with E-state index in [2.05, 4.69) is 24.5 Å². The van der Waals surface area contributed by atoms with E-state index in [4.69, 9.17) is 9.72 Å². The van der Waals surface area contributed by atoms with Crippen molar-refractivity contribution in [2.45, 2.75) is 50.8 Å². The van der Waals surface area contributed by atoms with Gasteiger partial charge in [-0.05, 0) is 50.1 Å². The maximum absolute atomic E-state index is 13.8. The Kier molecular flexibility index (Phi) is 6.73. The van der Waals surface area contributed by atoms with Gasteiger partial charge in [0.2, 0.25) is 5.91 Å². The van der Waals surface area contributed by atoms with Crippen molar-refractivity contribution in [2.75, 3.05) is 23.0 Å². The number of carbonyl (C=O) groups is 1. The molecule has 3 aromatic rings. The molecule has 0 saturated heterocycles. The zero-order chi connectivity index (χ0) is 25.3. The first-order valence-corrected chi connectivity index (χ1v) is 13.2. The second kappa shape index (κ2) is 9.95. The predicted molar refractivity (Wildman–Crippen MR) is 144 cm³/mol. The first kappa shape index (κ1) is 24.3. The lowest BCUT2D eigenvalue weighted by Crippen LogP contribution is -2.39. The molecule has 0 aliphatic carbocycles. The Bertz CT molecular complexity index is 1380. The molecule has 8 heteroatoms. The van der Waals surface area contributed by atoms with Crippen molar-refractivity contribution in [3.63, 3.8) is 0 Å². The predicted octanol–water partition coefficient (Wildman–Crippen LogP) is 5.08. The molecule has 2 N–H and O–H groups in total. The average Bonchev–Trinajstić information content (AvgIpc) is 2.88. The Balaban J connectivity index is 1.45. The van der Waals surface area contributed by atoms with E-state index in [0.29, 0.717) is 29.6 Å². The number of rotatable bonds is 6. The van der Waals surface area contributed by atoms with E-state index in [9.17, 15) is 9.59 Å². The number of fused-ring (bicyclic) bond motifs is 1. The molecule has 36 heavy (non-hydrogen) atoms. The number of ether oxygens (including phenoxy) is 1. The topological polar surface area (TPSA) is 85.2 Å². The third-order valence-electron chi connectivity index (χ3n) is 6.81. The van der Waals surface area contributed by atoms with Gasteiger partial charge in [0.1, 0.15) is 5.82 Å². The molecule has 2 aromatic carbocycles. The molecule has 1 amide bonds. The SMILES string of the molecule is CC[C@@]1(C)CC2=C(CO1)Cc1c(nc(SCC(=O)Nc3ccc(C)cc3)n(-c3ccccc3)c1=O)N2. The molecule has 2 aliphatic rings. The number of nitrogens with one attached hydrogen (secondary N) is 2. The minimum absolute atomic E-state index is 0.127. The van der Waals surface area contributed by atoms with Gasteiger partial charge >= 0.3 is 0 Å². The van der Waals surface area contributed by atoms with Crippen LogP contribution in [0.5, 0.6) is 0 Å². The van der Waals surface area contributed by atoms with Crippen molar-refractivity contribution >= 4 is 29.2 Å². The summed E-state index contributed by atoms with van der Waals surface area (Å²) in [5.74, 6) is 0.547. The van der Waals surface area contributed by atoms with E-state index in [-0.39, 0.29) is 22.8 Å². The highest BCUT2D eigenvalue weighted by molar-refractivity contribution is 7.99. The number of benzene rings is 2. The highest BCUT2D eigenvalue weighted by Gasteiger charge is 2.35. The monoisotopic (exact) mass is 502 g/mol. The largest absolute Gasteiger partial charge is 0.370 e. The summed E-state index contributed by atoms with van der Waals surface area (Å²) in [7, 11) is 0. The molecule has 1 atom stereocenters. The van der Waals surface area contributed by atoms with Gasteiger partial charge in [0.15, 0.2) is 5.16 Å². The van der Waals surface area contributed by atoms with Gasteiger partial charge in [-0.2, -0.15) is 0 Å². The van der Waals surface area contributed by atoms with E-state index in [1.54, 1.807) is 4.57 Å². The molecule has 5 rings (SSSR count). The number of aryl methyl sites for hydroxylation is 1. The minimum Gasteiger partial charge on any atom is -0.370 e. The Labute approximate surface area is 215 Å². The second-order valence-corrected chi connectivity index (χ2v) is 10.5. The zero-order valence-corrected chi connectivity index (χ0v) is 21.6. The molecule has 0 bridgehead atoms. The number of nitrogens with zero attached hydrogens (tertiary/aromatic N) is 2. The summed E-state index contributed by atoms with van der Waals surface area (Å²) in [5.41, 5.74) is 5.04. The number of hydrogen-bond donors (Lipinski definition) is 2. The Morgan fingerprint density at radius 3 is 2.67 bits per heavy atom. The Morgan fingerprint density at radius 2 is 1.94 bits per heavy atom. The maximum Gasteiger partial charge on any atom is 0.264 e. The fourth-order valence-corrected chi connectivity index (χ4v) is 5.24. The molecule has 2 aliphatic heterocycles. The molecular formula is C28H30N4O3S. The standard InChI is InChI=1S/C28H30N4O3S/c1-4-28(3)15-23-19(16-35-28)14-22-25(30-23)31-27(32(26(22)34)21-8-6-5-7-9-21)36-17-24(33)29-20-12-10-18(2)11-13-20/h5-13,30H,4,14-17H2,1-3H3,(H,29,33)/t28-/m0/s1. The molecule has 3 heterocycles. The lowest BCUT2D eigenvalue weighted by atomic mass is 9.88. The van der Waals surface area contributed by atoms with Crippen molar-refractivity contribution in [3.05, 3.63) is 87.3 Å². The minimum atomic E-state index is -0.228. The van der Waals surface area contributed by atoms with Gasteiger partial charge < -0.3 is 15.4 Å². The highest BCUT2D eigenvalue weighted by atomic mass is 32.2. The molecule has 1 aromatic heterocycles. The first-order valence-electron chi connectivity index (χ1n) is 12.2. The third kappa shape index (κ3) is 4.96. The van der Waals surface area contributed by atoms with Gasteiger partial charge in [-0.25, -0.2) is 4.98 Å². The van der Waals surface area contributed by atoms with Crippen molar-refractivity contribution in [2.24, 2.45) is 0 Å². The van der Waals surface area contributed by atoms with Crippen molar-refractivity contribution in [1.82, 2.24) is 9.55 Å².